The Morgan fingerprint density at radius 3 is 2.84 bits per heavy atom. The molecule has 130 valence electrons. The second-order valence-corrected chi connectivity index (χ2v) is 7.95. The number of hydrogen-bond acceptors (Lipinski definition) is 5. The predicted octanol–water partition coefficient (Wildman–Crippen LogP) is 4.36. The summed E-state index contributed by atoms with van der Waals surface area (Å²) in [7, 11) is 2.09. The molecule has 0 radical (unpaired) electrons. The van der Waals surface area contributed by atoms with E-state index in [1.807, 2.05) is 0 Å². The summed E-state index contributed by atoms with van der Waals surface area (Å²) in [5.74, 6) is 0.853. The topological polar surface area (TPSA) is 15.7 Å². The van der Waals surface area contributed by atoms with Crippen LogP contribution >= 0.6 is 24.4 Å². The van der Waals surface area contributed by atoms with Crippen molar-refractivity contribution in [2.45, 2.75) is 9.95 Å². The molecule has 25 heavy (non-hydrogen) atoms. The molecule has 4 rings (SSSR count). The van der Waals surface area contributed by atoms with Gasteiger partial charge in [0.05, 0.1) is 12.3 Å². The largest absolute Gasteiger partial charge is 0.374 e. The zero-order chi connectivity index (χ0) is 17.3. The Bertz CT molecular complexity index is 778. The standard InChI is InChI=1S/C20H22N2OS2/c1-21(13-15-24)17-8-6-16(7-9-17)10-11-20-22(12-14-23-20)18-4-2-3-5-19(18)25-20/h2-11,24H,12-15H2,1H3/b11-10+. The van der Waals surface area contributed by atoms with Crippen LogP contribution in [-0.4, -0.2) is 37.6 Å². The van der Waals surface area contributed by atoms with E-state index < -0.39 is 5.06 Å². The summed E-state index contributed by atoms with van der Waals surface area (Å²) in [5, 5.41) is -0.398. The number of fused-ring (bicyclic) bond motifs is 3. The summed E-state index contributed by atoms with van der Waals surface area (Å²) in [6.45, 7) is 2.64. The molecule has 3 nitrogen and oxygen atoms in total. The third-order valence-electron chi connectivity index (χ3n) is 4.67. The van der Waals surface area contributed by atoms with Crippen molar-refractivity contribution in [3.05, 3.63) is 60.2 Å². The summed E-state index contributed by atoms with van der Waals surface area (Å²) in [6, 6.07) is 17.2. The normalized spacial score (nSPS) is 21.6. The fourth-order valence-corrected chi connectivity index (χ4v) is 4.93. The van der Waals surface area contributed by atoms with Crippen LogP contribution in [0.4, 0.5) is 11.4 Å². The summed E-state index contributed by atoms with van der Waals surface area (Å²) >= 11 is 6.08. The predicted molar refractivity (Wildman–Crippen MR) is 111 cm³/mol. The third-order valence-corrected chi connectivity index (χ3v) is 6.20. The highest BCUT2D eigenvalue weighted by molar-refractivity contribution is 8.01. The van der Waals surface area contributed by atoms with E-state index in [1.165, 1.54) is 21.8 Å². The molecule has 0 amide bonds. The quantitative estimate of drug-likeness (QED) is 0.787. The highest BCUT2D eigenvalue weighted by atomic mass is 32.2. The second-order valence-electron chi connectivity index (χ2n) is 6.27. The van der Waals surface area contributed by atoms with Crippen molar-refractivity contribution >= 4 is 41.8 Å². The minimum Gasteiger partial charge on any atom is -0.374 e. The van der Waals surface area contributed by atoms with E-state index >= 15 is 0 Å². The molecule has 2 aromatic carbocycles. The SMILES string of the molecule is CN(CCS)c1ccc(/C=C/C23OCCN2c2ccccc2S3)cc1. The first-order valence-electron chi connectivity index (χ1n) is 8.53. The molecule has 1 saturated heterocycles. The fraction of sp³-hybridized carbons (Fsp3) is 0.300. The van der Waals surface area contributed by atoms with Gasteiger partial charge in [-0.3, -0.25) is 0 Å². The van der Waals surface area contributed by atoms with Crippen molar-refractivity contribution in [1.82, 2.24) is 0 Å². The average molecular weight is 371 g/mol. The van der Waals surface area contributed by atoms with Crippen molar-refractivity contribution in [2.75, 3.05) is 42.3 Å². The van der Waals surface area contributed by atoms with Gasteiger partial charge >= 0.3 is 0 Å². The maximum Gasteiger partial charge on any atom is 0.214 e. The summed E-state index contributed by atoms with van der Waals surface area (Å²) in [4.78, 5) is 5.86. The number of ether oxygens (including phenoxy) is 1. The maximum absolute atomic E-state index is 6.15. The van der Waals surface area contributed by atoms with Gasteiger partial charge in [0, 0.05) is 36.5 Å². The lowest BCUT2D eigenvalue weighted by Crippen LogP contribution is -2.36. The van der Waals surface area contributed by atoms with E-state index in [0.717, 1.165) is 25.4 Å². The molecule has 0 spiro atoms. The Kier molecular flexibility index (Phi) is 4.71. The summed E-state index contributed by atoms with van der Waals surface area (Å²) in [6.07, 6.45) is 4.36. The zero-order valence-electron chi connectivity index (χ0n) is 14.3. The van der Waals surface area contributed by atoms with Gasteiger partial charge in [-0.2, -0.15) is 12.6 Å². The van der Waals surface area contributed by atoms with Crippen LogP contribution in [0.3, 0.4) is 0 Å². The van der Waals surface area contributed by atoms with Crippen molar-refractivity contribution in [2.24, 2.45) is 0 Å². The molecule has 1 unspecified atom stereocenters. The van der Waals surface area contributed by atoms with Gasteiger partial charge in [0.15, 0.2) is 0 Å². The molecule has 2 aliphatic heterocycles. The molecule has 2 aromatic rings. The van der Waals surface area contributed by atoms with Gasteiger partial charge in [-0.05, 0) is 35.9 Å². The van der Waals surface area contributed by atoms with E-state index in [9.17, 15) is 0 Å². The van der Waals surface area contributed by atoms with E-state index in [1.54, 1.807) is 11.8 Å². The molecule has 2 aliphatic rings. The van der Waals surface area contributed by atoms with Crippen molar-refractivity contribution in [3.8, 4) is 0 Å². The van der Waals surface area contributed by atoms with Crippen LogP contribution in [0.1, 0.15) is 5.56 Å². The minimum atomic E-state index is -0.398. The number of anilines is 2. The van der Waals surface area contributed by atoms with E-state index in [4.69, 9.17) is 4.74 Å². The number of nitrogens with zero attached hydrogens (tertiary/aromatic N) is 2. The van der Waals surface area contributed by atoms with Crippen molar-refractivity contribution in [1.29, 1.82) is 0 Å². The first-order valence-corrected chi connectivity index (χ1v) is 9.98. The molecule has 0 aromatic heterocycles. The lowest BCUT2D eigenvalue weighted by atomic mass is 10.1. The molecular weight excluding hydrogens is 348 g/mol. The Morgan fingerprint density at radius 1 is 1.24 bits per heavy atom. The monoisotopic (exact) mass is 370 g/mol. The molecule has 0 bridgehead atoms. The summed E-state index contributed by atoms with van der Waals surface area (Å²) in [5.41, 5.74) is 3.67. The van der Waals surface area contributed by atoms with Gasteiger partial charge in [0.25, 0.3) is 0 Å². The Morgan fingerprint density at radius 2 is 2.04 bits per heavy atom. The summed E-state index contributed by atoms with van der Waals surface area (Å²) < 4.78 is 6.15. The van der Waals surface area contributed by atoms with Gasteiger partial charge in [-0.1, -0.05) is 42.1 Å². The van der Waals surface area contributed by atoms with E-state index in [-0.39, 0.29) is 0 Å². The number of para-hydroxylation sites is 1. The zero-order valence-corrected chi connectivity index (χ0v) is 16.0. The molecular formula is C20H22N2OS2. The van der Waals surface area contributed by atoms with Crippen LogP contribution < -0.4 is 9.80 Å². The molecule has 0 aliphatic carbocycles. The fourth-order valence-electron chi connectivity index (χ4n) is 3.31. The average Bonchev–Trinajstić information content (AvgIpc) is 3.17. The number of hydrogen-bond donors (Lipinski definition) is 1. The van der Waals surface area contributed by atoms with E-state index in [0.29, 0.717) is 0 Å². The molecule has 5 heteroatoms. The van der Waals surface area contributed by atoms with Crippen molar-refractivity contribution in [3.63, 3.8) is 0 Å². The van der Waals surface area contributed by atoms with Crippen LogP contribution in [0, 0.1) is 0 Å². The second kappa shape index (κ2) is 6.98. The number of benzene rings is 2. The van der Waals surface area contributed by atoms with Crippen LogP contribution in [-0.2, 0) is 4.74 Å². The van der Waals surface area contributed by atoms with Gasteiger partial charge in [0.2, 0.25) is 5.06 Å². The maximum atomic E-state index is 6.15. The first-order chi connectivity index (χ1) is 12.2. The molecule has 1 atom stereocenters. The number of thiol groups is 1. The number of thioether (sulfide) groups is 1. The van der Waals surface area contributed by atoms with Gasteiger partial charge < -0.3 is 14.5 Å². The van der Waals surface area contributed by atoms with Crippen LogP contribution in [0.15, 0.2) is 59.5 Å². The first kappa shape index (κ1) is 16.9. The van der Waals surface area contributed by atoms with Gasteiger partial charge in [0.1, 0.15) is 0 Å². The van der Waals surface area contributed by atoms with Crippen LogP contribution in [0.2, 0.25) is 0 Å². The highest BCUT2D eigenvalue weighted by Gasteiger charge is 2.47. The lowest BCUT2D eigenvalue weighted by molar-refractivity contribution is 0.123. The molecule has 0 saturated carbocycles. The Hall–Kier alpha value is -1.56. The lowest BCUT2D eigenvalue weighted by Gasteiger charge is -2.27. The van der Waals surface area contributed by atoms with Gasteiger partial charge in [-0.15, -0.1) is 0 Å². The minimum absolute atomic E-state index is 0.398. The van der Waals surface area contributed by atoms with Crippen LogP contribution in [0.5, 0.6) is 0 Å². The smallest absolute Gasteiger partial charge is 0.214 e. The Balaban J connectivity index is 1.54. The molecule has 1 fully saturated rings. The van der Waals surface area contributed by atoms with Gasteiger partial charge in [-0.25, -0.2) is 0 Å². The number of rotatable bonds is 5. The molecule has 2 heterocycles. The highest BCUT2D eigenvalue weighted by Crippen LogP contribution is 2.53. The van der Waals surface area contributed by atoms with Crippen LogP contribution in [0.25, 0.3) is 6.08 Å². The Labute approximate surface area is 159 Å². The van der Waals surface area contributed by atoms with E-state index in [2.05, 4.69) is 90.2 Å². The third kappa shape index (κ3) is 3.16. The molecule has 0 N–H and O–H groups in total. The van der Waals surface area contributed by atoms with Crippen molar-refractivity contribution < 1.29 is 4.74 Å².